The number of nitrogens with zero attached hydrogens (tertiary/aromatic N) is 2. The molecule has 0 spiro atoms. The number of hydrogen-bond donors (Lipinski definition) is 5. The Kier molecular flexibility index (Phi) is 13.3. The smallest absolute Gasteiger partial charge is 0.251 e. The van der Waals surface area contributed by atoms with Crippen LogP contribution < -0.4 is 21.3 Å². The number of aryl methyl sites for hydroxylation is 1. The maximum atomic E-state index is 13.7. The topological polar surface area (TPSA) is 165 Å². The Morgan fingerprint density at radius 2 is 1.60 bits per heavy atom. The van der Waals surface area contributed by atoms with Gasteiger partial charge in [-0.25, -0.2) is 0 Å². The van der Waals surface area contributed by atoms with Gasteiger partial charge in [0, 0.05) is 44.2 Å². The molecule has 5 amide bonds. The molecule has 3 aromatic rings. The van der Waals surface area contributed by atoms with E-state index in [1.807, 2.05) is 56.3 Å². The zero-order chi connectivity index (χ0) is 34.5. The van der Waals surface area contributed by atoms with Gasteiger partial charge < -0.3 is 26.2 Å². The van der Waals surface area contributed by atoms with Crippen molar-refractivity contribution in [2.45, 2.75) is 84.0 Å². The van der Waals surface area contributed by atoms with Crippen molar-refractivity contribution < 1.29 is 24.0 Å². The molecule has 2 aromatic carbocycles. The van der Waals surface area contributed by atoms with E-state index < -0.39 is 35.8 Å². The first-order valence-electron chi connectivity index (χ1n) is 16.7. The van der Waals surface area contributed by atoms with Crippen molar-refractivity contribution in [1.82, 2.24) is 36.4 Å². The molecule has 0 saturated heterocycles. The second kappa shape index (κ2) is 17.8. The predicted molar refractivity (Wildman–Crippen MR) is 181 cm³/mol. The molecule has 2 aliphatic heterocycles. The lowest BCUT2D eigenvalue weighted by molar-refractivity contribution is -0.132. The number of amides is 5. The van der Waals surface area contributed by atoms with Gasteiger partial charge in [-0.1, -0.05) is 56.3 Å². The van der Waals surface area contributed by atoms with E-state index >= 15 is 0 Å². The highest BCUT2D eigenvalue weighted by molar-refractivity contribution is 5.99. The number of H-pyrrole nitrogens is 1. The minimum atomic E-state index is -0.972. The third-order valence-electron chi connectivity index (χ3n) is 8.28. The summed E-state index contributed by atoms with van der Waals surface area (Å²) < 4.78 is 0. The Hall–Kier alpha value is -5.00. The average molecular weight is 658 g/mol. The molecule has 256 valence electrons. The van der Waals surface area contributed by atoms with Gasteiger partial charge in [-0.2, -0.15) is 5.10 Å². The summed E-state index contributed by atoms with van der Waals surface area (Å²) >= 11 is 0. The lowest BCUT2D eigenvalue weighted by Gasteiger charge is -2.25. The van der Waals surface area contributed by atoms with Crippen molar-refractivity contribution >= 4 is 29.5 Å². The van der Waals surface area contributed by atoms with E-state index in [2.05, 4.69) is 31.5 Å². The first-order valence-corrected chi connectivity index (χ1v) is 16.7. The van der Waals surface area contributed by atoms with Gasteiger partial charge in [-0.05, 0) is 67.3 Å². The van der Waals surface area contributed by atoms with Crippen LogP contribution in [0.5, 0.6) is 0 Å². The van der Waals surface area contributed by atoms with E-state index in [-0.39, 0.29) is 24.2 Å². The van der Waals surface area contributed by atoms with Crippen LogP contribution in [0.4, 0.5) is 0 Å². The Labute approximate surface area is 281 Å². The Bertz CT molecular complexity index is 1510. The molecule has 5 rings (SSSR count). The fourth-order valence-electron chi connectivity index (χ4n) is 5.55. The molecule has 0 unspecified atom stereocenters. The summed E-state index contributed by atoms with van der Waals surface area (Å²) in [5, 5.41) is 18.0. The highest BCUT2D eigenvalue weighted by Gasteiger charge is 2.29. The third kappa shape index (κ3) is 11.1. The zero-order valence-electron chi connectivity index (χ0n) is 28.0. The molecule has 2 aliphatic rings. The molecule has 0 saturated carbocycles. The number of nitrogens with one attached hydrogen (secondary N) is 5. The normalized spacial score (nSPS) is 20.3. The van der Waals surface area contributed by atoms with Crippen molar-refractivity contribution in [3.05, 3.63) is 89.2 Å². The summed E-state index contributed by atoms with van der Waals surface area (Å²) in [6, 6.07) is 13.6. The molecule has 3 atom stereocenters. The zero-order valence-corrected chi connectivity index (χ0v) is 28.0. The number of aromatic amines is 1. The van der Waals surface area contributed by atoms with Crippen LogP contribution in [0.2, 0.25) is 0 Å². The minimum Gasteiger partial charge on any atom is -0.354 e. The molecule has 12 heteroatoms. The van der Waals surface area contributed by atoms with Crippen LogP contribution in [0.25, 0.3) is 0 Å². The highest BCUT2D eigenvalue weighted by atomic mass is 16.2. The Morgan fingerprint density at radius 3 is 2.29 bits per heavy atom. The van der Waals surface area contributed by atoms with E-state index in [9.17, 15) is 24.0 Å². The van der Waals surface area contributed by atoms with Crippen molar-refractivity contribution in [3.8, 4) is 0 Å². The SMILES string of the molecule is CC(C)C[C@@H]1NC(=O)[C@@H](Cc2ccccc2)NC(=O)c2ccc(cc2)CN(C(=O)CCc2cn[nH]c2)CCCCNC(=O)[C@@H](C)NC1=O. The van der Waals surface area contributed by atoms with Gasteiger partial charge in [-0.3, -0.25) is 29.1 Å². The van der Waals surface area contributed by atoms with Gasteiger partial charge in [-0.15, -0.1) is 0 Å². The summed E-state index contributed by atoms with van der Waals surface area (Å²) in [5.41, 5.74) is 3.01. The molecule has 2 bridgehead atoms. The van der Waals surface area contributed by atoms with Crippen molar-refractivity contribution in [1.29, 1.82) is 0 Å². The number of benzene rings is 2. The number of hydrogen-bond acceptors (Lipinski definition) is 6. The minimum absolute atomic E-state index is 0.0116. The fourth-order valence-corrected chi connectivity index (χ4v) is 5.55. The molecule has 48 heavy (non-hydrogen) atoms. The standard InChI is InChI=1S/C36H47N7O5/c1-24(2)19-30-35(47)40-25(3)33(45)37-17-7-8-18-43(32(44)16-13-28-21-38-39-22-28)23-27-11-14-29(15-12-27)34(46)41-31(36(48)42-30)20-26-9-5-4-6-10-26/h4-6,9-12,14-15,21-22,24-25,30-31H,7-8,13,16-20,23H2,1-3H3,(H,37,45)(H,38,39)(H,40,47)(H,41,46)(H,42,48)/t25-,30+,31-/m1/s1. The van der Waals surface area contributed by atoms with E-state index in [1.54, 1.807) is 36.4 Å². The van der Waals surface area contributed by atoms with Crippen molar-refractivity contribution in [2.24, 2.45) is 5.92 Å². The third-order valence-corrected chi connectivity index (χ3v) is 8.28. The summed E-state index contributed by atoms with van der Waals surface area (Å²) in [6.45, 7) is 6.71. The monoisotopic (exact) mass is 657 g/mol. The molecule has 0 fully saturated rings. The highest BCUT2D eigenvalue weighted by Crippen LogP contribution is 2.14. The van der Waals surface area contributed by atoms with E-state index in [1.165, 1.54) is 0 Å². The Morgan fingerprint density at radius 1 is 0.875 bits per heavy atom. The molecule has 12 nitrogen and oxygen atoms in total. The molecule has 5 N–H and O–H groups in total. The van der Waals surface area contributed by atoms with Gasteiger partial charge in [0.2, 0.25) is 23.6 Å². The van der Waals surface area contributed by atoms with E-state index in [0.717, 1.165) is 16.7 Å². The van der Waals surface area contributed by atoms with Crippen LogP contribution in [-0.4, -0.2) is 75.8 Å². The van der Waals surface area contributed by atoms with Crippen LogP contribution >= 0.6 is 0 Å². The Balaban J connectivity index is 1.57. The quantitative estimate of drug-likeness (QED) is 0.245. The molecular formula is C36H47N7O5. The van der Waals surface area contributed by atoms with Crippen LogP contribution in [0, 0.1) is 5.92 Å². The lowest BCUT2D eigenvalue weighted by Crippen LogP contribution is -2.57. The van der Waals surface area contributed by atoms with Crippen molar-refractivity contribution in [3.63, 3.8) is 0 Å². The summed E-state index contributed by atoms with van der Waals surface area (Å²) in [6.07, 6.45) is 6.19. The molecule has 0 radical (unpaired) electrons. The van der Waals surface area contributed by atoms with Gasteiger partial charge in [0.15, 0.2) is 0 Å². The molecular weight excluding hydrogens is 610 g/mol. The van der Waals surface area contributed by atoms with Gasteiger partial charge >= 0.3 is 0 Å². The van der Waals surface area contributed by atoms with Crippen LogP contribution in [0.15, 0.2) is 67.0 Å². The summed E-state index contributed by atoms with van der Waals surface area (Å²) in [5.74, 6) is -1.70. The van der Waals surface area contributed by atoms with Gasteiger partial charge in [0.1, 0.15) is 18.1 Å². The maximum Gasteiger partial charge on any atom is 0.251 e. The van der Waals surface area contributed by atoms with Crippen molar-refractivity contribution in [2.75, 3.05) is 13.1 Å². The molecule has 0 aliphatic carbocycles. The predicted octanol–water partition coefficient (Wildman–Crippen LogP) is 2.66. The second-order valence-corrected chi connectivity index (χ2v) is 12.8. The van der Waals surface area contributed by atoms with E-state index in [4.69, 9.17) is 0 Å². The number of rotatable bonds is 7. The largest absolute Gasteiger partial charge is 0.354 e. The molecule has 3 heterocycles. The fraction of sp³-hybridized carbons (Fsp3) is 0.444. The lowest BCUT2D eigenvalue weighted by atomic mass is 10.0. The molecule has 1 aromatic heterocycles. The van der Waals surface area contributed by atoms with E-state index in [0.29, 0.717) is 57.3 Å². The number of fused-ring (bicyclic) bond motifs is 18. The number of aromatic nitrogens is 2. The second-order valence-electron chi connectivity index (χ2n) is 12.8. The maximum absolute atomic E-state index is 13.7. The van der Waals surface area contributed by atoms with Crippen LogP contribution in [0.1, 0.15) is 73.5 Å². The van der Waals surface area contributed by atoms with Gasteiger partial charge in [0.05, 0.1) is 6.20 Å². The first-order chi connectivity index (χ1) is 23.1. The van der Waals surface area contributed by atoms with Crippen LogP contribution in [0.3, 0.4) is 0 Å². The van der Waals surface area contributed by atoms with Gasteiger partial charge in [0.25, 0.3) is 5.91 Å². The summed E-state index contributed by atoms with van der Waals surface area (Å²) in [7, 11) is 0. The number of carbonyl (C=O) groups is 5. The van der Waals surface area contributed by atoms with Crippen LogP contribution in [-0.2, 0) is 38.6 Å². The summed E-state index contributed by atoms with van der Waals surface area (Å²) in [4.78, 5) is 68.5. The average Bonchev–Trinajstić information content (AvgIpc) is 3.59. The number of carbonyl (C=O) groups excluding carboxylic acids is 5. The first kappa shape index (κ1) is 35.8.